The number of carbonyl (C=O) groups excluding carboxylic acids is 1. The second-order valence-electron chi connectivity index (χ2n) is 9.32. The van der Waals surface area contributed by atoms with Crippen LogP contribution in [0.15, 0.2) is 64.5 Å². The van der Waals surface area contributed by atoms with E-state index in [1.807, 2.05) is 56.3 Å². The summed E-state index contributed by atoms with van der Waals surface area (Å²) in [6.07, 6.45) is 6.61. The molecule has 9 heteroatoms. The van der Waals surface area contributed by atoms with Gasteiger partial charge in [-0.3, -0.25) is 0 Å². The Labute approximate surface area is 225 Å². The van der Waals surface area contributed by atoms with E-state index in [0.29, 0.717) is 41.9 Å². The standard InChI is InChI=1S/C28H31BrN4O4/c1-3-35-24-15-20(12-13-23(24)36-16-19-8-7-9-21(29)14-19)26-25(18(2)32-28-30-17-31-33(26)28)27(34)37-22-10-5-4-6-11-22/h7-9,12-15,17,22,26H,3-6,10-11,16H2,1-2H3,(H,30,31,32). The lowest BCUT2D eigenvalue weighted by atomic mass is 9.94. The quantitative estimate of drug-likeness (QED) is 0.325. The molecule has 1 N–H and O–H groups in total. The Kier molecular flexibility index (Phi) is 7.79. The van der Waals surface area contributed by atoms with Crippen molar-refractivity contribution in [2.75, 3.05) is 11.9 Å². The molecule has 1 saturated carbocycles. The van der Waals surface area contributed by atoms with E-state index in [9.17, 15) is 4.79 Å². The van der Waals surface area contributed by atoms with Crippen molar-refractivity contribution in [3.63, 3.8) is 0 Å². The molecule has 0 radical (unpaired) electrons. The summed E-state index contributed by atoms with van der Waals surface area (Å²) >= 11 is 3.50. The molecule has 1 fully saturated rings. The molecule has 0 amide bonds. The van der Waals surface area contributed by atoms with Crippen molar-refractivity contribution < 1.29 is 19.0 Å². The Morgan fingerprint density at radius 3 is 2.73 bits per heavy atom. The summed E-state index contributed by atoms with van der Waals surface area (Å²) < 4.78 is 20.8. The number of halogens is 1. The number of carbonyl (C=O) groups is 1. The van der Waals surface area contributed by atoms with E-state index in [1.54, 1.807) is 4.68 Å². The number of nitrogens with zero attached hydrogens (tertiary/aromatic N) is 3. The molecule has 0 bridgehead atoms. The molecule has 5 rings (SSSR count). The van der Waals surface area contributed by atoms with E-state index in [2.05, 4.69) is 31.3 Å². The summed E-state index contributed by atoms with van der Waals surface area (Å²) in [6.45, 7) is 4.68. The lowest BCUT2D eigenvalue weighted by molar-refractivity contribution is -0.146. The van der Waals surface area contributed by atoms with Crippen molar-refractivity contribution in [1.29, 1.82) is 0 Å². The van der Waals surface area contributed by atoms with Crippen LogP contribution in [0.1, 0.15) is 63.1 Å². The van der Waals surface area contributed by atoms with Gasteiger partial charge in [-0.05, 0) is 74.9 Å². The van der Waals surface area contributed by atoms with Crippen molar-refractivity contribution in [3.05, 3.63) is 75.7 Å². The molecule has 2 aromatic carbocycles. The molecule has 3 aromatic rings. The highest BCUT2D eigenvalue weighted by Crippen LogP contribution is 2.39. The van der Waals surface area contributed by atoms with Gasteiger partial charge in [0.15, 0.2) is 11.5 Å². The van der Waals surface area contributed by atoms with Gasteiger partial charge < -0.3 is 19.5 Å². The summed E-state index contributed by atoms with van der Waals surface area (Å²) in [5.41, 5.74) is 3.10. The number of esters is 1. The lowest BCUT2D eigenvalue weighted by Crippen LogP contribution is -2.32. The van der Waals surface area contributed by atoms with Crippen LogP contribution in [0.2, 0.25) is 0 Å². The minimum absolute atomic E-state index is 0.0490. The third-order valence-electron chi connectivity index (χ3n) is 6.71. The second kappa shape index (κ2) is 11.4. The molecule has 0 spiro atoms. The maximum Gasteiger partial charge on any atom is 0.338 e. The second-order valence-corrected chi connectivity index (χ2v) is 10.2. The van der Waals surface area contributed by atoms with Crippen molar-refractivity contribution >= 4 is 27.8 Å². The van der Waals surface area contributed by atoms with Crippen LogP contribution in [-0.4, -0.2) is 33.4 Å². The third kappa shape index (κ3) is 5.66. The SMILES string of the molecule is CCOc1cc(C2C(C(=O)OC3CCCCC3)=C(C)Nc3ncnn32)ccc1OCc1cccc(Br)c1. The number of fused-ring (bicyclic) bond motifs is 1. The van der Waals surface area contributed by atoms with E-state index in [4.69, 9.17) is 14.2 Å². The van der Waals surface area contributed by atoms with Gasteiger partial charge in [0, 0.05) is 10.2 Å². The maximum absolute atomic E-state index is 13.5. The number of ether oxygens (including phenoxy) is 3. The summed E-state index contributed by atoms with van der Waals surface area (Å²) in [5, 5.41) is 7.65. The first-order chi connectivity index (χ1) is 18.0. The molecule has 1 aliphatic heterocycles. The molecule has 0 saturated heterocycles. The summed E-state index contributed by atoms with van der Waals surface area (Å²) in [4.78, 5) is 17.8. The zero-order valence-corrected chi connectivity index (χ0v) is 22.7. The predicted octanol–water partition coefficient (Wildman–Crippen LogP) is 6.18. The van der Waals surface area contributed by atoms with Gasteiger partial charge in [-0.25, -0.2) is 9.48 Å². The number of aromatic nitrogens is 3. The number of benzene rings is 2. The average molecular weight is 567 g/mol. The van der Waals surface area contributed by atoms with E-state index in [1.165, 1.54) is 12.7 Å². The van der Waals surface area contributed by atoms with Gasteiger partial charge in [-0.2, -0.15) is 10.1 Å². The molecule has 2 aliphatic rings. The maximum atomic E-state index is 13.5. The fourth-order valence-corrected chi connectivity index (χ4v) is 5.38. The summed E-state index contributed by atoms with van der Waals surface area (Å²) in [5.74, 6) is 1.49. The third-order valence-corrected chi connectivity index (χ3v) is 7.20. The number of hydrogen-bond donors (Lipinski definition) is 1. The smallest absolute Gasteiger partial charge is 0.338 e. The van der Waals surface area contributed by atoms with Gasteiger partial charge in [0.1, 0.15) is 25.1 Å². The van der Waals surface area contributed by atoms with Gasteiger partial charge in [-0.15, -0.1) is 0 Å². The van der Waals surface area contributed by atoms with Crippen LogP contribution >= 0.6 is 15.9 Å². The molecule has 1 aromatic heterocycles. The molecule has 194 valence electrons. The summed E-state index contributed by atoms with van der Waals surface area (Å²) in [7, 11) is 0. The minimum atomic E-state index is -0.506. The van der Waals surface area contributed by atoms with Crippen molar-refractivity contribution in [1.82, 2.24) is 14.8 Å². The van der Waals surface area contributed by atoms with E-state index in [0.717, 1.165) is 41.3 Å². The van der Waals surface area contributed by atoms with E-state index < -0.39 is 6.04 Å². The fraction of sp³-hybridized carbons (Fsp3) is 0.393. The van der Waals surface area contributed by atoms with Crippen LogP contribution in [0.3, 0.4) is 0 Å². The summed E-state index contributed by atoms with van der Waals surface area (Å²) in [6, 6.07) is 13.2. The molecule has 1 atom stereocenters. The molecule has 8 nitrogen and oxygen atoms in total. The predicted molar refractivity (Wildman–Crippen MR) is 144 cm³/mol. The Bertz CT molecular complexity index is 1300. The van der Waals surface area contributed by atoms with Crippen LogP contribution in [0.4, 0.5) is 5.95 Å². The van der Waals surface area contributed by atoms with Crippen LogP contribution in [0.25, 0.3) is 0 Å². The average Bonchev–Trinajstić information content (AvgIpc) is 3.36. The normalized spacial score (nSPS) is 17.6. The number of rotatable bonds is 8. The van der Waals surface area contributed by atoms with Gasteiger partial charge in [0.2, 0.25) is 5.95 Å². The highest BCUT2D eigenvalue weighted by molar-refractivity contribution is 9.10. The molecular formula is C28H31BrN4O4. The van der Waals surface area contributed by atoms with Crippen LogP contribution in [-0.2, 0) is 16.1 Å². The van der Waals surface area contributed by atoms with Crippen LogP contribution < -0.4 is 14.8 Å². The first kappa shape index (κ1) is 25.3. The highest BCUT2D eigenvalue weighted by atomic mass is 79.9. The zero-order chi connectivity index (χ0) is 25.8. The number of anilines is 1. The van der Waals surface area contributed by atoms with Crippen molar-refractivity contribution in [3.8, 4) is 11.5 Å². The molecule has 1 aliphatic carbocycles. The number of nitrogens with one attached hydrogen (secondary N) is 1. The van der Waals surface area contributed by atoms with Crippen molar-refractivity contribution in [2.45, 2.75) is 64.7 Å². The first-order valence-corrected chi connectivity index (χ1v) is 13.5. The van der Waals surface area contributed by atoms with Gasteiger partial charge in [0.05, 0.1) is 12.2 Å². The van der Waals surface area contributed by atoms with E-state index in [-0.39, 0.29) is 12.1 Å². The fourth-order valence-electron chi connectivity index (χ4n) is 4.93. The van der Waals surface area contributed by atoms with Crippen molar-refractivity contribution in [2.24, 2.45) is 0 Å². The molecule has 1 unspecified atom stereocenters. The Morgan fingerprint density at radius 2 is 1.95 bits per heavy atom. The Morgan fingerprint density at radius 1 is 1.11 bits per heavy atom. The van der Waals surface area contributed by atoms with Gasteiger partial charge >= 0.3 is 5.97 Å². The topological polar surface area (TPSA) is 87.5 Å². The lowest BCUT2D eigenvalue weighted by Gasteiger charge is -2.30. The molecule has 2 heterocycles. The zero-order valence-electron chi connectivity index (χ0n) is 21.1. The molecular weight excluding hydrogens is 536 g/mol. The Hall–Kier alpha value is -3.33. The number of hydrogen-bond acceptors (Lipinski definition) is 7. The number of allylic oxidation sites excluding steroid dienone is 1. The van der Waals surface area contributed by atoms with Gasteiger partial charge in [-0.1, -0.05) is 40.5 Å². The van der Waals surface area contributed by atoms with E-state index >= 15 is 0 Å². The highest BCUT2D eigenvalue weighted by Gasteiger charge is 2.36. The first-order valence-electron chi connectivity index (χ1n) is 12.8. The molecule has 37 heavy (non-hydrogen) atoms. The largest absolute Gasteiger partial charge is 0.490 e. The minimum Gasteiger partial charge on any atom is -0.490 e. The Balaban J connectivity index is 1.46. The monoisotopic (exact) mass is 566 g/mol. The van der Waals surface area contributed by atoms with Gasteiger partial charge in [0.25, 0.3) is 0 Å². The van der Waals surface area contributed by atoms with Crippen LogP contribution in [0, 0.1) is 0 Å². The van der Waals surface area contributed by atoms with Crippen LogP contribution in [0.5, 0.6) is 11.5 Å².